The third-order valence-corrected chi connectivity index (χ3v) is 6.00. The summed E-state index contributed by atoms with van der Waals surface area (Å²) in [5, 5.41) is 11.2. The molecule has 4 rings (SSSR count). The van der Waals surface area contributed by atoms with E-state index in [0.717, 1.165) is 43.6 Å². The fourth-order valence-corrected chi connectivity index (χ4v) is 4.12. The van der Waals surface area contributed by atoms with Crippen LogP contribution < -0.4 is 15.5 Å². The van der Waals surface area contributed by atoms with E-state index in [9.17, 15) is 0 Å². The Morgan fingerprint density at radius 2 is 1.97 bits per heavy atom. The maximum Gasteiger partial charge on any atom is 0.191 e. The number of guanidine groups is 1. The first-order valence-electron chi connectivity index (χ1n) is 11.0. The fourth-order valence-electron chi connectivity index (χ4n) is 4.12. The van der Waals surface area contributed by atoms with Crippen LogP contribution in [0.2, 0.25) is 0 Å². The van der Waals surface area contributed by atoms with Gasteiger partial charge in [-0.05, 0) is 49.8 Å². The van der Waals surface area contributed by atoms with Gasteiger partial charge in [0, 0.05) is 37.8 Å². The molecule has 2 aliphatic rings. The van der Waals surface area contributed by atoms with E-state index in [1.807, 2.05) is 4.68 Å². The number of aryl methyl sites for hydroxylation is 1. The van der Waals surface area contributed by atoms with Crippen LogP contribution in [0.15, 0.2) is 35.6 Å². The number of hydrogen-bond donors (Lipinski definition) is 2. The largest absolute Gasteiger partial charge is 0.372 e. The van der Waals surface area contributed by atoms with Crippen molar-refractivity contribution in [2.45, 2.75) is 58.7 Å². The molecule has 7 nitrogen and oxygen atoms in total. The van der Waals surface area contributed by atoms with E-state index in [4.69, 9.17) is 4.99 Å². The second-order valence-corrected chi connectivity index (χ2v) is 8.27. The Labute approximate surface area is 173 Å². The normalized spacial score (nSPS) is 20.4. The van der Waals surface area contributed by atoms with Gasteiger partial charge in [-0.25, -0.2) is 14.7 Å². The van der Waals surface area contributed by atoms with Crippen molar-refractivity contribution in [1.82, 2.24) is 25.4 Å². The van der Waals surface area contributed by atoms with Crippen LogP contribution in [0.3, 0.4) is 0 Å². The predicted molar refractivity (Wildman–Crippen MR) is 117 cm³/mol. The lowest BCUT2D eigenvalue weighted by molar-refractivity contribution is 0.392. The summed E-state index contributed by atoms with van der Waals surface area (Å²) in [7, 11) is 0. The standard InChI is InChI=1S/C22H33N7/c1-3-23-22(27-19-6-9-21-25-16-26-29(21)15-19)24-14-18-4-7-20(8-5-18)28-12-10-17(2)11-13-28/h4-5,7-8,16-17,19H,3,6,9-15H2,1-2H3,(H2,23,24,27). The molecule has 0 radical (unpaired) electrons. The van der Waals surface area contributed by atoms with Crippen molar-refractivity contribution in [2.24, 2.45) is 10.9 Å². The highest BCUT2D eigenvalue weighted by Gasteiger charge is 2.20. The number of fused-ring (bicyclic) bond motifs is 1. The van der Waals surface area contributed by atoms with E-state index >= 15 is 0 Å². The summed E-state index contributed by atoms with van der Waals surface area (Å²) in [6.07, 6.45) is 6.23. The number of hydrogen-bond acceptors (Lipinski definition) is 4. The molecule has 156 valence electrons. The number of aromatic nitrogens is 3. The first-order chi connectivity index (χ1) is 14.2. The average Bonchev–Trinajstić information content (AvgIpc) is 3.21. The average molecular weight is 396 g/mol. The van der Waals surface area contributed by atoms with E-state index in [1.54, 1.807) is 6.33 Å². The lowest BCUT2D eigenvalue weighted by atomic mass is 9.99. The van der Waals surface area contributed by atoms with Crippen LogP contribution in [0.25, 0.3) is 0 Å². The molecule has 1 atom stereocenters. The highest BCUT2D eigenvalue weighted by Crippen LogP contribution is 2.23. The van der Waals surface area contributed by atoms with E-state index in [1.165, 1.54) is 37.2 Å². The summed E-state index contributed by atoms with van der Waals surface area (Å²) >= 11 is 0. The Kier molecular flexibility index (Phi) is 6.32. The van der Waals surface area contributed by atoms with Crippen LogP contribution >= 0.6 is 0 Å². The van der Waals surface area contributed by atoms with Gasteiger partial charge in [0.2, 0.25) is 0 Å². The van der Waals surface area contributed by atoms with Gasteiger partial charge in [-0.2, -0.15) is 5.10 Å². The zero-order valence-corrected chi connectivity index (χ0v) is 17.6. The molecular formula is C22H33N7. The maximum absolute atomic E-state index is 4.81. The second-order valence-electron chi connectivity index (χ2n) is 8.27. The lowest BCUT2D eigenvalue weighted by Gasteiger charge is -2.32. The third-order valence-electron chi connectivity index (χ3n) is 6.00. The molecule has 0 saturated carbocycles. The van der Waals surface area contributed by atoms with E-state index < -0.39 is 0 Å². The molecule has 0 bridgehead atoms. The predicted octanol–water partition coefficient (Wildman–Crippen LogP) is 2.58. The first-order valence-corrected chi connectivity index (χ1v) is 11.0. The summed E-state index contributed by atoms with van der Waals surface area (Å²) in [6, 6.07) is 9.24. The minimum atomic E-state index is 0.325. The van der Waals surface area contributed by atoms with Gasteiger partial charge >= 0.3 is 0 Å². The van der Waals surface area contributed by atoms with Crippen LogP contribution in [-0.2, 0) is 19.5 Å². The summed E-state index contributed by atoms with van der Waals surface area (Å²) < 4.78 is 1.99. The highest BCUT2D eigenvalue weighted by molar-refractivity contribution is 5.80. The number of rotatable bonds is 5. The molecule has 1 aromatic carbocycles. The Morgan fingerprint density at radius 3 is 2.72 bits per heavy atom. The van der Waals surface area contributed by atoms with Crippen LogP contribution in [-0.4, -0.2) is 46.4 Å². The van der Waals surface area contributed by atoms with Crippen LogP contribution in [0.1, 0.15) is 44.5 Å². The molecule has 1 unspecified atom stereocenters. The van der Waals surface area contributed by atoms with Gasteiger partial charge < -0.3 is 15.5 Å². The quantitative estimate of drug-likeness (QED) is 0.602. The summed E-state index contributed by atoms with van der Waals surface area (Å²) in [4.78, 5) is 11.6. The molecule has 0 amide bonds. The SMILES string of the molecule is CCNC(=NCc1ccc(N2CCC(C)CC2)cc1)NC1CCc2ncnn2C1. The first kappa shape index (κ1) is 19.7. The van der Waals surface area contributed by atoms with Gasteiger partial charge in [0.15, 0.2) is 5.96 Å². The molecule has 7 heteroatoms. The topological polar surface area (TPSA) is 70.4 Å². The molecule has 2 aromatic rings. The monoisotopic (exact) mass is 395 g/mol. The van der Waals surface area contributed by atoms with Crippen molar-refractivity contribution in [3.8, 4) is 0 Å². The lowest BCUT2D eigenvalue weighted by Crippen LogP contribution is -2.47. The molecule has 1 aromatic heterocycles. The molecule has 3 heterocycles. The van der Waals surface area contributed by atoms with Crippen LogP contribution in [0.4, 0.5) is 5.69 Å². The van der Waals surface area contributed by atoms with Crippen molar-refractivity contribution in [1.29, 1.82) is 0 Å². The number of piperidine rings is 1. The summed E-state index contributed by atoms with van der Waals surface area (Å²) in [6.45, 7) is 9.15. The maximum atomic E-state index is 4.81. The van der Waals surface area contributed by atoms with Gasteiger partial charge in [-0.15, -0.1) is 0 Å². The molecule has 2 aliphatic heterocycles. The summed E-state index contributed by atoms with van der Waals surface area (Å²) in [5.41, 5.74) is 2.57. The molecule has 0 spiro atoms. The van der Waals surface area contributed by atoms with Crippen molar-refractivity contribution in [3.05, 3.63) is 42.0 Å². The highest BCUT2D eigenvalue weighted by atomic mass is 15.4. The zero-order chi connectivity index (χ0) is 20.1. The number of benzene rings is 1. The minimum absolute atomic E-state index is 0.325. The minimum Gasteiger partial charge on any atom is -0.372 e. The van der Waals surface area contributed by atoms with Gasteiger partial charge in [0.1, 0.15) is 12.2 Å². The van der Waals surface area contributed by atoms with Gasteiger partial charge in [0.25, 0.3) is 0 Å². The number of nitrogens with one attached hydrogen (secondary N) is 2. The van der Waals surface area contributed by atoms with Gasteiger partial charge in [-0.1, -0.05) is 19.1 Å². The Morgan fingerprint density at radius 1 is 1.17 bits per heavy atom. The van der Waals surface area contributed by atoms with Crippen molar-refractivity contribution in [3.63, 3.8) is 0 Å². The molecule has 1 fully saturated rings. The molecule has 2 N–H and O–H groups in total. The second kappa shape index (κ2) is 9.29. The fraction of sp³-hybridized carbons (Fsp3) is 0.591. The Balaban J connectivity index is 1.34. The number of nitrogens with zero attached hydrogens (tertiary/aromatic N) is 5. The van der Waals surface area contributed by atoms with Gasteiger partial charge in [-0.3, -0.25) is 0 Å². The van der Waals surface area contributed by atoms with E-state index in [2.05, 4.69) is 63.7 Å². The van der Waals surface area contributed by atoms with E-state index in [0.29, 0.717) is 12.6 Å². The third kappa shape index (κ3) is 5.08. The molecule has 29 heavy (non-hydrogen) atoms. The van der Waals surface area contributed by atoms with Crippen LogP contribution in [0.5, 0.6) is 0 Å². The molecule has 1 saturated heterocycles. The van der Waals surface area contributed by atoms with Crippen molar-refractivity contribution >= 4 is 11.6 Å². The van der Waals surface area contributed by atoms with E-state index in [-0.39, 0.29) is 0 Å². The zero-order valence-electron chi connectivity index (χ0n) is 17.6. The summed E-state index contributed by atoms with van der Waals surface area (Å²) in [5.74, 6) is 2.81. The number of aliphatic imine (C=N–C) groups is 1. The van der Waals surface area contributed by atoms with Gasteiger partial charge in [0.05, 0.1) is 13.1 Å². The molecular weight excluding hydrogens is 362 g/mol. The van der Waals surface area contributed by atoms with Crippen LogP contribution in [0, 0.1) is 5.92 Å². The van der Waals surface area contributed by atoms with Crippen molar-refractivity contribution < 1.29 is 0 Å². The number of anilines is 1. The van der Waals surface area contributed by atoms with Crippen molar-refractivity contribution in [2.75, 3.05) is 24.5 Å². The smallest absolute Gasteiger partial charge is 0.191 e. The molecule has 0 aliphatic carbocycles. The Bertz CT molecular complexity index is 803. The Hall–Kier alpha value is -2.57.